The number of halogens is 2. The molecule has 2 rings (SSSR count). The molecule has 0 aromatic heterocycles. The minimum atomic E-state index is -0.456. The van der Waals surface area contributed by atoms with Crippen molar-refractivity contribution in [2.75, 3.05) is 7.05 Å². The molecule has 0 saturated carbocycles. The summed E-state index contributed by atoms with van der Waals surface area (Å²) in [6.45, 7) is 0. The molecular formula is C15H15F2NO. The summed E-state index contributed by atoms with van der Waals surface area (Å²) >= 11 is 0. The van der Waals surface area contributed by atoms with Crippen LogP contribution in [-0.2, 0) is 6.42 Å². The average Bonchev–Trinajstić information content (AvgIpc) is 2.41. The van der Waals surface area contributed by atoms with Crippen molar-refractivity contribution >= 4 is 0 Å². The van der Waals surface area contributed by atoms with Gasteiger partial charge in [-0.3, -0.25) is 0 Å². The van der Waals surface area contributed by atoms with Gasteiger partial charge >= 0.3 is 0 Å². The molecule has 19 heavy (non-hydrogen) atoms. The van der Waals surface area contributed by atoms with Gasteiger partial charge in [-0.05, 0) is 49.4 Å². The quantitative estimate of drug-likeness (QED) is 0.888. The Labute approximate surface area is 110 Å². The number of aromatic hydroxyl groups is 1. The molecule has 0 amide bonds. The van der Waals surface area contributed by atoms with E-state index in [4.69, 9.17) is 0 Å². The van der Waals surface area contributed by atoms with Crippen LogP contribution in [0.25, 0.3) is 0 Å². The standard InChI is InChI=1S/C15H15F2NO/c1-18-15(8-10-2-5-12(19)6-3-10)13-9-11(16)4-7-14(13)17/h2-7,9,15,18-19H,8H2,1H3. The number of nitrogens with one attached hydrogen (secondary N) is 1. The van der Waals surface area contributed by atoms with Crippen LogP contribution in [0, 0.1) is 11.6 Å². The van der Waals surface area contributed by atoms with Crippen LogP contribution in [0.2, 0.25) is 0 Å². The van der Waals surface area contributed by atoms with E-state index in [1.807, 2.05) is 0 Å². The maximum absolute atomic E-state index is 13.7. The Morgan fingerprint density at radius 2 is 1.79 bits per heavy atom. The zero-order valence-electron chi connectivity index (χ0n) is 10.5. The lowest BCUT2D eigenvalue weighted by Gasteiger charge is -2.17. The van der Waals surface area contributed by atoms with Gasteiger partial charge in [-0.2, -0.15) is 0 Å². The molecule has 4 heteroatoms. The van der Waals surface area contributed by atoms with Crippen molar-refractivity contribution in [3.63, 3.8) is 0 Å². The highest BCUT2D eigenvalue weighted by Crippen LogP contribution is 2.23. The van der Waals surface area contributed by atoms with Crippen LogP contribution < -0.4 is 5.32 Å². The largest absolute Gasteiger partial charge is 0.508 e. The molecule has 1 atom stereocenters. The van der Waals surface area contributed by atoms with Crippen LogP contribution in [0.4, 0.5) is 8.78 Å². The fourth-order valence-corrected chi connectivity index (χ4v) is 2.02. The van der Waals surface area contributed by atoms with Gasteiger partial charge in [0.25, 0.3) is 0 Å². The molecule has 100 valence electrons. The molecular weight excluding hydrogens is 248 g/mol. The molecule has 2 N–H and O–H groups in total. The van der Waals surface area contributed by atoms with Crippen molar-refractivity contribution in [1.29, 1.82) is 0 Å². The minimum Gasteiger partial charge on any atom is -0.508 e. The summed E-state index contributed by atoms with van der Waals surface area (Å²) in [6.07, 6.45) is 0.511. The highest BCUT2D eigenvalue weighted by atomic mass is 19.1. The third-order valence-corrected chi connectivity index (χ3v) is 3.06. The molecule has 0 radical (unpaired) electrons. The smallest absolute Gasteiger partial charge is 0.128 e. The maximum atomic E-state index is 13.7. The highest BCUT2D eigenvalue weighted by Gasteiger charge is 2.15. The lowest BCUT2D eigenvalue weighted by Crippen LogP contribution is -2.20. The summed E-state index contributed by atoms with van der Waals surface area (Å²) in [5, 5.41) is 12.2. The Hall–Kier alpha value is -1.94. The molecule has 0 aliphatic carbocycles. The Kier molecular flexibility index (Phi) is 4.12. The molecule has 0 aliphatic heterocycles. The summed E-state index contributed by atoms with van der Waals surface area (Å²) in [5.74, 6) is -0.705. The van der Waals surface area contributed by atoms with E-state index < -0.39 is 11.6 Å². The number of phenols is 1. The van der Waals surface area contributed by atoms with Gasteiger partial charge in [0.15, 0.2) is 0 Å². The zero-order chi connectivity index (χ0) is 13.8. The van der Waals surface area contributed by atoms with E-state index >= 15 is 0 Å². The molecule has 0 bridgehead atoms. The van der Waals surface area contributed by atoms with Gasteiger partial charge in [-0.25, -0.2) is 8.78 Å². The molecule has 2 aromatic rings. The van der Waals surface area contributed by atoms with Gasteiger partial charge < -0.3 is 10.4 Å². The van der Waals surface area contributed by atoms with E-state index in [0.717, 1.165) is 17.7 Å². The number of likely N-dealkylation sites (N-methyl/N-ethyl adjacent to an activating group) is 1. The average molecular weight is 263 g/mol. The van der Waals surface area contributed by atoms with Crippen LogP contribution in [0.5, 0.6) is 5.75 Å². The van der Waals surface area contributed by atoms with Gasteiger partial charge in [0.2, 0.25) is 0 Å². The van der Waals surface area contributed by atoms with Gasteiger partial charge in [0.05, 0.1) is 0 Å². The number of hydrogen-bond donors (Lipinski definition) is 2. The van der Waals surface area contributed by atoms with Gasteiger partial charge in [0, 0.05) is 11.6 Å². The Morgan fingerprint density at radius 1 is 1.11 bits per heavy atom. The molecule has 0 saturated heterocycles. The molecule has 1 unspecified atom stereocenters. The first-order chi connectivity index (χ1) is 9.10. The van der Waals surface area contributed by atoms with Crippen molar-refractivity contribution in [2.24, 2.45) is 0 Å². The molecule has 0 spiro atoms. The van der Waals surface area contributed by atoms with Crippen LogP contribution in [-0.4, -0.2) is 12.2 Å². The topological polar surface area (TPSA) is 32.3 Å². The van der Waals surface area contributed by atoms with Crippen molar-refractivity contribution in [2.45, 2.75) is 12.5 Å². The molecule has 0 heterocycles. The second-order valence-corrected chi connectivity index (χ2v) is 4.38. The predicted molar refractivity (Wildman–Crippen MR) is 70.0 cm³/mol. The summed E-state index contributed by atoms with van der Waals surface area (Å²) in [7, 11) is 1.70. The van der Waals surface area contributed by atoms with E-state index in [2.05, 4.69) is 5.32 Å². The van der Waals surface area contributed by atoms with E-state index in [-0.39, 0.29) is 11.8 Å². The third-order valence-electron chi connectivity index (χ3n) is 3.06. The van der Waals surface area contributed by atoms with E-state index in [1.165, 1.54) is 6.07 Å². The van der Waals surface area contributed by atoms with E-state index in [9.17, 15) is 13.9 Å². The monoisotopic (exact) mass is 263 g/mol. The first kappa shape index (κ1) is 13.5. The SMILES string of the molecule is CNC(Cc1ccc(O)cc1)c1cc(F)ccc1F. The number of benzene rings is 2. The zero-order valence-corrected chi connectivity index (χ0v) is 10.5. The summed E-state index contributed by atoms with van der Waals surface area (Å²) < 4.78 is 26.9. The Balaban J connectivity index is 2.24. The van der Waals surface area contributed by atoms with Crippen molar-refractivity contribution in [1.82, 2.24) is 5.32 Å². The summed E-state index contributed by atoms with van der Waals surface area (Å²) in [5.41, 5.74) is 1.23. The first-order valence-electron chi connectivity index (χ1n) is 6.00. The molecule has 2 aromatic carbocycles. The number of hydrogen-bond acceptors (Lipinski definition) is 2. The fourth-order valence-electron chi connectivity index (χ4n) is 2.02. The lowest BCUT2D eigenvalue weighted by molar-refractivity contribution is 0.474. The molecule has 0 fully saturated rings. The molecule has 0 aliphatic rings. The van der Waals surface area contributed by atoms with E-state index in [1.54, 1.807) is 31.3 Å². The minimum absolute atomic E-state index is 0.182. The Bertz CT molecular complexity index is 555. The predicted octanol–water partition coefficient (Wildman–Crippen LogP) is 3.17. The van der Waals surface area contributed by atoms with E-state index in [0.29, 0.717) is 12.0 Å². The fraction of sp³-hybridized carbons (Fsp3) is 0.200. The van der Waals surface area contributed by atoms with Gasteiger partial charge in [-0.1, -0.05) is 12.1 Å². The van der Waals surface area contributed by atoms with Crippen LogP contribution in [0.1, 0.15) is 17.2 Å². The van der Waals surface area contributed by atoms with Crippen LogP contribution >= 0.6 is 0 Å². The number of phenolic OH excluding ortho intramolecular Hbond substituents is 1. The summed E-state index contributed by atoms with van der Waals surface area (Å²) in [6, 6.07) is 9.79. The van der Waals surface area contributed by atoms with Crippen LogP contribution in [0.15, 0.2) is 42.5 Å². The highest BCUT2D eigenvalue weighted by molar-refractivity contribution is 5.29. The van der Waals surface area contributed by atoms with Crippen molar-refractivity contribution < 1.29 is 13.9 Å². The first-order valence-corrected chi connectivity index (χ1v) is 6.00. The van der Waals surface area contributed by atoms with Gasteiger partial charge in [-0.15, -0.1) is 0 Å². The van der Waals surface area contributed by atoms with Gasteiger partial charge in [0.1, 0.15) is 17.4 Å². The Morgan fingerprint density at radius 3 is 2.42 bits per heavy atom. The number of rotatable bonds is 4. The second kappa shape index (κ2) is 5.80. The van der Waals surface area contributed by atoms with Crippen molar-refractivity contribution in [3.05, 3.63) is 65.2 Å². The van der Waals surface area contributed by atoms with Crippen LogP contribution in [0.3, 0.4) is 0 Å². The maximum Gasteiger partial charge on any atom is 0.128 e. The third kappa shape index (κ3) is 3.29. The summed E-state index contributed by atoms with van der Waals surface area (Å²) in [4.78, 5) is 0. The lowest BCUT2D eigenvalue weighted by atomic mass is 9.98. The second-order valence-electron chi connectivity index (χ2n) is 4.38. The normalized spacial score (nSPS) is 12.4. The molecule has 2 nitrogen and oxygen atoms in total. The van der Waals surface area contributed by atoms with Crippen molar-refractivity contribution in [3.8, 4) is 5.75 Å².